The van der Waals surface area contributed by atoms with Gasteiger partial charge in [-0.3, -0.25) is 0 Å². The van der Waals surface area contributed by atoms with Gasteiger partial charge in [-0.1, -0.05) is 25.1 Å². The number of carboxylic acid groups (broad SMARTS) is 1. The molecular formula is C10H12O2. The Bertz CT molecular complexity index is 303. The van der Waals surface area contributed by atoms with Gasteiger partial charge in [-0.2, -0.15) is 0 Å². The van der Waals surface area contributed by atoms with Gasteiger partial charge < -0.3 is 5.11 Å². The van der Waals surface area contributed by atoms with E-state index in [4.69, 9.17) is 5.11 Å². The Balaban J connectivity index is 3.29. The summed E-state index contributed by atoms with van der Waals surface area (Å²) in [5, 5.41) is 8.88. The van der Waals surface area contributed by atoms with Crippen LogP contribution in [0.2, 0.25) is 0 Å². The molecule has 0 atom stereocenters. The number of carbonyl (C=O) groups is 1. The summed E-state index contributed by atoms with van der Waals surface area (Å²) in [6.45, 7) is 3.78. The molecule has 0 aromatic heterocycles. The summed E-state index contributed by atoms with van der Waals surface area (Å²) in [6, 6.07) is 5.57. The lowest BCUT2D eigenvalue weighted by atomic mass is 10.0. The van der Waals surface area contributed by atoms with Crippen molar-refractivity contribution in [1.29, 1.82) is 0 Å². The zero-order valence-electron chi connectivity index (χ0n) is 7.29. The molecule has 0 unspecified atom stereocenters. The minimum Gasteiger partial charge on any atom is -0.478 e. The molecule has 0 radical (unpaired) electrons. The van der Waals surface area contributed by atoms with Crippen LogP contribution in [0, 0.1) is 6.92 Å². The fourth-order valence-corrected chi connectivity index (χ4v) is 1.33. The molecule has 64 valence electrons. The molecule has 0 aliphatic carbocycles. The molecular weight excluding hydrogens is 152 g/mol. The van der Waals surface area contributed by atoms with Crippen LogP contribution >= 0.6 is 0 Å². The monoisotopic (exact) mass is 164 g/mol. The minimum absolute atomic E-state index is 0.458. The van der Waals surface area contributed by atoms with Gasteiger partial charge >= 0.3 is 5.97 Å². The molecule has 1 aromatic carbocycles. The van der Waals surface area contributed by atoms with Crippen LogP contribution < -0.4 is 0 Å². The van der Waals surface area contributed by atoms with Gasteiger partial charge in [0, 0.05) is 0 Å². The first-order valence-corrected chi connectivity index (χ1v) is 3.98. The maximum atomic E-state index is 10.8. The Hall–Kier alpha value is -1.31. The van der Waals surface area contributed by atoms with Crippen molar-refractivity contribution in [3.8, 4) is 0 Å². The number of rotatable bonds is 2. The molecule has 2 heteroatoms. The summed E-state index contributed by atoms with van der Waals surface area (Å²) in [6.07, 6.45) is 0.767. The number of carboxylic acids is 1. The Morgan fingerprint density at radius 3 is 2.58 bits per heavy atom. The molecule has 0 fully saturated rings. The zero-order valence-corrected chi connectivity index (χ0v) is 7.29. The number of aromatic carboxylic acids is 1. The van der Waals surface area contributed by atoms with E-state index in [1.54, 1.807) is 0 Å². The van der Waals surface area contributed by atoms with Gasteiger partial charge in [0.1, 0.15) is 0 Å². The first-order valence-electron chi connectivity index (χ1n) is 3.98. The van der Waals surface area contributed by atoms with E-state index in [0.29, 0.717) is 5.56 Å². The Morgan fingerprint density at radius 2 is 2.17 bits per heavy atom. The van der Waals surface area contributed by atoms with Crippen molar-refractivity contribution < 1.29 is 9.90 Å². The van der Waals surface area contributed by atoms with Gasteiger partial charge in [0.15, 0.2) is 0 Å². The predicted octanol–water partition coefficient (Wildman–Crippen LogP) is 2.26. The molecule has 0 aliphatic rings. The normalized spacial score (nSPS) is 9.83. The van der Waals surface area contributed by atoms with Crippen molar-refractivity contribution in [2.45, 2.75) is 20.3 Å². The van der Waals surface area contributed by atoms with Crippen molar-refractivity contribution >= 4 is 5.97 Å². The van der Waals surface area contributed by atoms with Gasteiger partial charge in [-0.25, -0.2) is 4.79 Å². The average Bonchev–Trinajstić information content (AvgIpc) is 2.03. The third-order valence-electron chi connectivity index (χ3n) is 1.95. The number of aryl methyl sites for hydroxylation is 2. The summed E-state index contributed by atoms with van der Waals surface area (Å²) in [5.41, 5.74) is 2.20. The Morgan fingerprint density at radius 1 is 1.50 bits per heavy atom. The van der Waals surface area contributed by atoms with Crippen LogP contribution in [0.25, 0.3) is 0 Å². The highest BCUT2D eigenvalue weighted by Crippen LogP contribution is 2.14. The zero-order chi connectivity index (χ0) is 9.14. The first kappa shape index (κ1) is 8.78. The number of hydrogen-bond donors (Lipinski definition) is 1. The predicted molar refractivity (Wildman–Crippen MR) is 47.5 cm³/mol. The maximum Gasteiger partial charge on any atom is 0.336 e. The van der Waals surface area contributed by atoms with Gasteiger partial charge in [0.2, 0.25) is 0 Å². The molecule has 0 spiro atoms. The lowest BCUT2D eigenvalue weighted by molar-refractivity contribution is 0.0695. The Kier molecular flexibility index (Phi) is 2.48. The molecule has 1 rings (SSSR count). The topological polar surface area (TPSA) is 37.3 Å². The van der Waals surface area contributed by atoms with Crippen LogP contribution in [0.4, 0.5) is 0 Å². The van der Waals surface area contributed by atoms with E-state index in [9.17, 15) is 4.79 Å². The van der Waals surface area contributed by atoms with E-state index in [1.807, 2.05) is 32.0 Å². The SMILES string of the molecule is CCc1cccc(C)c1C(=O)O. The van der Waals surface area contributed by atoms with E-state index in [1.165, 1.54) is 0 Å². The number of benzene rings is 1. The van der Waals surface area contributed by atoms with E-state index < -0.39 is 5.97 Å². The van der Waals surface area contributed by atoms with Crippen molar-refractivity contribution in [2.24, 2.45) is 0 Å². The lowest BCUT2D eigenvalue weighted by Gasteiger charge is -2.05. The van der Waals surface area contributed by atoms with Crippen LogP contribution in [0.3, 0.4) is 0 Å². The average molecular weight is 164 g/mol. The highest BCUT2D eigenvalue weighted by atomic mass is 16.4. The minimum atomic E-state index is -0.829. The highest BCUT2D eigenvalue weighted by Gasteiger charge is 2.10. The third kappa shape index (κ3) is 1.47. The quantitative estimate of drug-likeness (QED) is 0.727. The van der Waals surface area contributed by atoms with E-state index in [-0.39, 0.29) is 0 Å². The molecule has 2 nitrogen and oxygen atoms in total. The van der Waals surface area contributed by atoms with Crippen LogP contribution in [-0.4, -0.2) is 11.1 Å². The first-order chi connectivity index (χ1) is 5.66. The molecule has 1 N–H and O–H groups in total. The second-order valence-corrected chi connectivity index (χ2v) is 2.77. The second-order valence-electron chi connectivity index (χ2n) is 2.77. The molecule has 0 heterocycles. The third-order valence-corrected chi connectivity index (χ3v) is 1.95. The summed E-state index contributed by atoms with van der Waals surface area (Å²) < 4.78 is 0. The highest BCUT2D eigenvalue weighted by molar-refractivity contribution is 5.91. The lowest BCUT2D eigenvalue weighted by Crippen LogP contribution is -2.04. The molecule has 0 saturated carbocycles. The maximum absolute atomic E-state index is 10.8. The second kappa shape index (κ2) is 3.39. The van der Waals surface area contributed by atoms with E-state index >= 15 is 0 Å². The molecule has 0 amide bonds. The van der Waals surface area contributed by atoms with Gasteiger partial charge in [-0.15, -0.1) is 0 Å². The van der Waals surface area contributed by atoms with E-state index in [2.05, 4.69) is 0 Å². The summed E-state index contributed by atoms with van der Waals surface area (Å²) in [5.74, 6) is -0.829. The molecule has 1 aromatic rings. The smallest absolute Gasteiger partial charge is 0.336 e. The molecule has 0 saturated heterocycles. The van der Waals surface area contributed by atoms with Crippen molar-refractivity contribution in [3.63, 3.8) is 0 Å². The number of hydrogen-bond acceptors (Lipinski definition) is 1. The fraction of sp³-hybridized carbons (Fsp3) is 0.300. The van der Waals surface area contributed by atoms with Gasteiger partial charge in [0.05, 0.1) is 5.56 Å². The van der Waals surface area contributed by atoms with Crippen molar-refractivity contribution in [3.05, 3.63) is 34.9 Å². The summed E-state index contributed by atoms with van der Waals surface area (Å²) in [7, 11) is 0. The van der Waals surface area contributed by atoms with Crippen LogP contribution in [0.5, 0.6) is 0 Å². The van der Waals surface area contributed by atoms with Crippen LogP contribution in [0.15, 0.2) is 18.2 Å². The standard InChI is InChI=1S/C10H12O2/c1-3-8-6-4-5-7(2)9(8)10(11)12/h4-6H,3H2,1-2H3,(H,11,12). The molecule has 12 heavy (non-hydrogen) atoms. The largest absolute Gasteiger partial charge is 0.478 e. The van der Waals surface area contributed by atoms with Crippen LogP contribution in [-0.2, 0) is 6.42 Å². The van der Waals surface area contributed by atoms with Crippen LogP contribution in [0.1, 0.15) is 28.4 Å². The van der Waals surface area contributed by atoms with Crippen molar-refractivity contribution in [2.75, 3.05) is 0 Å². The van der Waals surface area contributed by atoms with Gasteiger partial charge in [-0.05, 0) is 24.5 Å². The van der Waals surface area contributed by atoms with Crippen molar-refractivity contribution in [1.82, 2.24) is 0 Å². The van der Waals surface area contributed by atoms with Gasteiger partial charge in [0.25, 0.3) is 0 Å². The Labute approximate surface area is 71.8 Å². The fourth-order valence-electron chi connectivity index (χ4n) is 1.33. The molecule has 0 bridgehead atoms. The summed E-state index contributed by atoms with van der Waals surface area (Å²) in [4.78, 5) is 10.8. The summed E-state index contributed by atoms with van der Waals surface area (Å²) >= 11 is 0. The van der Waals surface area contributed by atoms with E-state index in [0.717, 1.165) is 17.5 Å². The molecule has 0 aliphatic heterocycles.